The first-order valence-electron chi connectivity index (χ1n) is 30.0. The number of carboxylic acids is 1. The quantitative estimate of drug-likeness (QED) is 0.0582. The van der Waals surface area contributed by atoms with Crippen LogP contribution in [0.4, 0.5) is 10.1 Å². The van der Waals surface area contributed by atoms with Gasteiger partial charge in [-0.2, -0.15) is 0 Å². The number of anilines is 1. The van der Waals surface area contributed by atoms with E-state index in [0.717, 1.165) is 18.9 Å². The second-order valence-electron chi connectivity index (χ2n) is 25.1. The number of aromatic nitrogens is 1. The molecule has 1 aromatic heterocycles. The molecule has 1 aliphatic carbocycles. The summed E-state index contributed by atoms with van der Waals surface area (Å²) in [6, 6.07) is 1.78. The fourth-order valence-electron chi connectivity index (χ4n) is 12.6. The van der Waals surface area contributed by atoms with E-state index in [4.69, 9.17) is 37.9 Å². The number of nitrogens with zero attached hydrogens (tertiary/aromatic N) is 3. The topological polar surface area (TPSA) is 291 Å². The van der Waals surface area contributed by atoms with E-state index in [2.05, 4.69) is 16.0 Å². The minimum absolute atomic E-state index is 0.0261. The second kappa shape index (κ2) is 29.8. The highest BCUT2D eigenvalue weighted by atomic mass is 19.1. The van der Waals surface area contributed by atoms with E-state index >= 15 is 4.39 Å². The van der Waals surface area contributed by atoms with Gasteiger partial charge in [0, 0.05) is 68.8 Å². The lowest BCUT2D eigenvalue weighted by molar-refractivity contribution is -0.318. The maximum Gasteiger partial charge on any atom is 0.341 e. The number of halogens is 1. The number of hydrogen-bond acceptors (Lipinski definition) is 21. The molecule has 8 N–H and O–H groups in total. The first-order valence-corrected chi connectivity index (χ1v) is 30.0. The fourth-order valence-corrected chi connectivity index (χ4v) is 12.6. The zero-order chi connectivity index (χ0) is 62.2. The van der Waals surface area contributed by atoms with Gasteiger partial charge in [-0.25, -0.2) is 9.18 Å². The van der Waals surface area contributed by atoms with Gasteiger partial charge in [0.05, 0.1) is 66.9 Å². The van der Waals surface area contributed by atoms with Gasteiger partial charge in [0.25, 0.3) is 0 Å². The molecule has 0 unspecified atom stereocenters. The number of rotatable bonds is 23. The Morgan fingerprint density at radius 2 is 1.60 bits per heavy atom. The highest BCUT2D eigenvalue weighted by Gasteiger charge is 2.54. The highest BCUT2D eigenvalue weighted by Crippen LogP contribution is 2.42. The molecule has 84 heavy (non-hydrogen) atoms. The van der Waals surface area contributed by atoms with E-state index in [9.17, 15) is 44.7 Å². The number of ether oxygens (including phenoxy) is 8. The number of likely N-dealkylation sites (N-methyl/N-ethyl adjacent to an activating group) is 2. The molecule has 0 bridgehead atoms. The number of aliphatic hydroxyl groups is 4. The van der Waals surface area contributed by atoms with Crippen LogP contribution in [0.5, 0.6) is 0 Å². The number of carboxylic acid groups (broad SMARTS) is 1. The Labute approximate surface area is 494 Å². The smallest absolute Gasteiger partial charge is 0.341 e. The molecule has 3 aliphatic heterocycles. The minimum atomic E-state index is -1.87. The van der Waals surface area contributed by atoms with Crippen molar-refractivity contribution in [1.82, 2.24) is 25.0 Å². The number of aromatic carboxylic acids is 1. The molecule has 3 saturated heterocycles. The molecule has 23 nitrogen and oxygen atoms in total. The van der Waals surface area contributed by atoms with Gasteiger partial charge in [0.1, 0.15) is 40.9 Å². The normalized spacial score (nSPS) is 36.0. The SMILES string of the molecule is CC[C@@H]1OC(=O)[C@H](C)[C@@H](O[C@H]2C[C@@](C)(OC)[C@@H](OC(=O)CNCCCNCCOCCNc3cc4c(cc3F)c(=O)c(C(=O)O)cn4C3CC3)[C@H](C)O2)[C@@H](C)[C@@H](O[C@@H]2O[C@H](C)C[C@H](N(C)C)[C@H]2O)[C@](C)(O)C[C@@H](C)CN(C)[C@H](C)[C@@H](O)[C@]1(C)O. The van der Waals surface area contributed by atoms with E-state index in [1.807, 2.05) is 44.8 Å². The number of carbonyl (C=O) groups is 3. The fraction of sp³-hybridized carbons (Fsp3) is 0.800. The standard InChI is InChI=1S/C60H99FN6O17/c1-15-46-60(10,76)52(71)37(6)66(13)31-33(2)28-58(8,75)53(84-57-50(70)45(65(11)12)25-34(3)79-57)35(4)51(36(5)56(74)81-46)83-48-29-59(9,77-14)54(38(7)80-48)82-47(68)30-63-20-16-19-62-21-23-78-24-22-64-43-27-44-40(26-42(43)61)49(69)41(55(72)73)32-67(44)39-17-18-39/h26-27,32-39,45-46,48,50-54,57,62-64,70-71,75-76H,15-25,28-31H2,1-14H3,(H,72,73)/t33-,34-,35-,36-,37-,38+,45+,46+,48+,50-,51+,52-,53-,54+,57+,58-,59-,60-/m1/s1. The van der Waals surface area contributed by atoms with Crippen LogP contribution >= 0.6 is 0 Å². The Morgan fingerprint density at radius 1 is 0.917 bits per heavy atom. The van der Waals surface area contributed by atoms with Gasteiger partial charge >= 0.3 is 17.9 Å². The zero-order valence-electron chi connectivity index (χ0n) is 51.9. The minimum Gasteiger partial charge on any atom is -0.477 e. The maximum absolute atomic E-state index is 15.1. The van der Waals surface area contributed by atoms with Crippen molar-refractivity contribution in [2.24, 2.45) is 17.8 Å². The van der Waals surface area contributed by atoms with Crippen molar-refractivity contribution in [2.75, 3.05) is 86.1 Å². The molecule has 1 saturated carbocycles. The van der Waals surface area contributed by atoms with E-state index in [0.29, 0.717) is 57.7 Å². The van der Waals surface area contributed by atoms with Gasteiger partial charge in [0.15, 0.2) is 18.7 Å². The van der Waals surface area contributed by atoms with Gasteiger partial charge < -0.3 is 93.7 Å². The average molecular weight is 1200 g/mol. The van der Waals surface area contributed by atoms with E-state index in [1.165, 1.54) is 20.2 Å². The van der Waals surface area contributed by atoms with Gasteiger partial charge in [-0.05, 0) is 139 Å². The third kappa shape index (κ3) is 17.0. The van der Waals surface area contributed by atoms with Crippen LogP contribution < -0.4 is 21.4 Å². The summed E-state index contributed by atoms with van der Waals surface area (Å²) < 4.78 is 67.3. The molecule has 2 aromatic rings. The van der Waals surface area contributed by atoms with Crippen LogP contribution in [0.2, 0.25) is 0 Å². The molecule has 1 aromatic carbocycles. The van der Waals surface area contributed by atoms with Gasteiger partial charge in [-0.1, -0.05) is 20.8 Å². The largest absolute Gasteiger partial charge is 0.477 e. The summed E-state index contributed by atoms with van der Waals surface area (Å²) in [5.74, 6) is -5.43. The number of cyclic esters (lactones) is 1. The molecule has 478 valence electrons. The molecule has 24 heteroatoms. The lowest BCUT2D eigenvalue weighted by Crippen LogP contribution is -2.61. The van der Waals surface area contributed by atoms with E-state index < -0.39 is 119 Å². The van der Waals surface area contributed by atoms with E-state index in [-0.39, 0.29) is 73.2 Å². The molecule has 0 radical (unpaired) electrons. The van der Waals surface area contributed by atoms with Gasteiger partial charge in [0.2, 0.25) is 5.43 Å². The van der Waals surface area contributed by atoms with Crippen molar-refractivity contribution >= 4 is 34.5 Å². The number of methoxy groups -OCH3 is 1. The Hall–Kier alpha value is -3.99. The lowest BCUT2D eigenvalue weighted by Gasteiger charge is -2.49. The van der Waals surface area contributed by atoms with Crippen LogP contribution in [0.25, 0.3) is 10.9 Å². The molecule has 4 heterocycles. The number of fused-ring (bicyclic) bond motifs is 1. The summed E-state index contributed by atoms with van der Waals surface area (Å²) >= 11 is 0. The first kappa shape index (κ1) is 69.1. The number of aliphatic hydroxyl groups excluding tert-OH is 2. The van der Waals surface area contributed by atoms with Crippen LogP contribution in [0.15, 0.2) is 23.1 Å². The summed E-state index contributed by atoms with van der Waals surface area (Å²) in [5, 5.41) is 67.1. The molecular formula is C60H99FN6O17. The highest BCUT2D eigenvalue weighted by molar-refractivity contribution is 5.93. The summed E-state index contributed by atoms with van der Waals surface area (Å²) in [6.45, 7) is 20.4. The Kier molecular flexibility index (Phi) is 24.5. The van der Waals surface area contributed by atoms with Crippen LogP contribution in [0.1, 0.15) is 131 Å². The summed E-state index contributed by atoms with van der Waals surface area (Å²) in [6.07, 6.45) is -5.40. The molecule has 6 rings (SSSR count). The first-order chi connectivity index (χ1) is 39.5. The molecular weight excluding hydrogens is 1100 g/mol. The maximum atomic E-state index is 15.1. The number of pyridine rings is 1. The predicted octanol–water partition coefficient (Wildman–Crippen LogP) is 3.64. The third-order valence-corrected chi connectivity index (χ3v) is 17.7. The van der Waals surface area contributed by atoms with Crippen LogP contribution in [-0.2, 0) is 47.5 Å². The third-order valence-electron chi connectivity index (χ3n) is 17.7. The van der Waals surface area contributed by atoms with E-state index in [1.54, 1.807) is 59.1 Å². The molecule has 0 spiro atoms. The summed E-state index contributed by atoms with van der Waals surface area (Å²) in [4.78, 5) is 56.3. The van der Waals surface area contributed by atoms with Crippen molar-refractivity contribution < 1.29 is 82.2 Å². The Balaban J connectivity index is 1.04. The second-order valence-corrected chi connectivity index (χ2v) is 25.1. The van der Waals surface area contributed by atoms with Crippen LogP contribution in [0.3, 0.4) is 0 Å². The van der Waals surface area contributed by atoms with Crippen molar-refractivity contribution in [2.45, 2.75) is 211 Å². The number of esters is 2. The van der Waals surface area contributed by atoms with Crippen molar-refractivity contribution in [1.29, 1.82) is 0 Å². The molecule has 0 amide bonds. The number of carbonyl (C=O) groups excluding carboxylic acids is 2. The summed E-state index contributed by atoms with van der Waals surface area (Å²) in [7, 11) is 7.07. The van der Waals surface area contributed by atoms with Crippen LogP contribution in [-0.4, -0.2) is 229 Å². The Bertz CT molecular complexity index is 2550. The molecule has 4 fully saturated rings. The molecule has 18 atom stereocenters. The van der Waals surface area contributed by atoms with Crippen molar-refractivity contribution in [3.05, 3.63) is 39.9 Å². The number of benzene rings is 1. The molecule has 4 aliphatic rings. The van der Waals surface area contributed by atoms with Gasteiger partial charge in [-0.15, -0.1) is 0 Å². The van der Waals surface area contributed by atoms with Crippen molar-refractivity contribution in [3.63, 3.8) is 0 Å². The van der Waals surface area contributed by atoms with Crippen molar-refractivity contribution in [3.8, 4) is 0 Å². The average Bonchev–Trinajstić information content (AvgIpc) is 3.14. The number of hydrogen-bond donors (Lipinski definition) is 8. The predicted molar refractivity (Wildman–Crippen MR) is 311 cm³/mol. The van der Waals surface area contributed by atoms with Crippen LogP contribution in [0, 0.1) is 23.6 Å². The van der Waals surface area contributed by atoms with Gasteiger partial charge in [-0.3, -0.25) is 14.4 Å². The zero-order valence-corrected chi connectivity index (χ0v) is 51.9. The Morgan fingerprint density at radius 3 is 2.24 bits per heavy atom. The summed E-state index contributed by atoms with van der Waals surface area (Å²) in [5.41, 5.74) is -5.10. The monoisotopic (exact) mass is 1190 g/mol. The lowest BCUT2D eigenvalue weighted by atomic mass is 9.77. The number of nitrogens with one attached hydrogen (secondary N) is 3.